The van der Waals surface area contributed by atoms with Crippen LogP contribution in [0.15, 0.2) is 28.8 Å². The van der Waals surface area contributed by atoms with Gasteiger partial charge in [-0.15, -0.1) is 11.3 Å². The fraction of sp³-hybridized carbons (Fsp3) is 0.333. The van der Waals surface area contributed by atoms with Crippen LogP contribution in [0.4, 0.5) is 0 Å². The van der Waals surface area contributed by atoms with Gasteiger partial charge in [-0.3, -0.25) is 9.13 Å². The molecule has 2 heterocycles. The Morgan fingerprint density at radius 2 is 2.21 bits per heavy atom. The van der Waals surface area contributed by atoms with Gasteiger partial charge in [0.2, 0.25) is 0 Å². The normalized spacial score (nSPS) is 10.6. The van der Waals surface area contributed by atoms with Crippen molar-refractivity contribution in [1.82, 2.24) is 14.1 Å². The molecule has 14 heavy (non-hydrogen) atoms. The Bertz CT molecular complexity index is 455. The number of hydrogen-bond acceptors (Lipinski definition) is 3. The lowest BCUT2D eigenvalue weighted by atomic mass is 10.6. The number of aryl methyl sites for hydroxylation is 1. The SMILES string of the molecule is CCn1ccn(Cc2nccs2)c1=O. The zero-order valence-electron chi connectivity index (χ0n) is 7.88. The van der Waals surface area contributed by atoms with Crippen molar-refractivity contribution in [3.63, 3.8) is 0 Å². The van der Waals surface area contributed by atoms with Crippen LogP contribution in [-0.4, -0.2) is 14.1 Å². The van der Waals surface area contributed by atoms with Gasteiger partial charge in [-0.05, 0) is 6.92 Å². The molecule has 4 nitrogen and oxygen atoms in total. The number of rotatable bonds is 3. The number of thiazole rings is 1. The van der Waals surface area contributed by atoms with E-state index in [1.165, 1.54) is 0 Å². The van der Waals surface area contributed by atoms with Crippen molar-refractivity contribution in [1.29, 1.82) is 0 Å². The Kier molecular flexibility index (Phi) is 2.49. The summed E-state index contributed by atoms with van der Waals surface area (Å²) in [7, 11) is 0. The van der Waals surface area contributed by atoms with Crippen LogP contribution in [0.3, 0.4) is 0 Å². The van der Waals surface area contributed by atoms with E-state index in [1.54, 1.807) is 39.1 Å². The van der Waals surface area contributed by atoms with Crippen LogP contribution in [0.2, 0.25) is 0 Å². The Balaban J connectivity index is 2.26. The summed E-state index contributed by atoms with van der Waals surface area (Å²) in [5, 5.41) is 2.87. The molecule has 0 aliphatic heterocycles. The Morgan fingerprint density at radius 1 is 1.43 bits per heavy atom. The quantitative estimate of drug-likeness (QED) is 0.761. The van der Waals surface area contributed by atoms with Crippen LogP contribution in [0.1, 0.15) is 11.9 Å². The standard InChI is InChI=1S/C9H11N3OS/c1-2-11-4-5-12(9(11)13)7-8-10-3-6-14-8/h3-6H,2,7H2,1H3. The maximum atomic E-state index is 11.6. The fourth-order valence-corrected chi connectivity index (χ4v) is 1.91. The molecule has 0 saturated carbocycles. The molecule has 0 unspecified atom stereocenters. The first kappa shape index (κ1) is 9.21. The second kappa shape index (κ2) is 3.79. The molecule has 2 aromatic rings. The summed E-state index contributed by atoms with van der Waals surface area (Å²) in [6, 6.07) is 0. The van der Waals surface area contributed by atoms with Crippen LogP contribution in [0.25, 0.3) is 0 Å². The molecule has 0 aliphatic rings. The largest absolute Gasteiger partial charge is 0.328 e. The molecule has 0 aromatic carbocycles. The van der Waals surface area contributed by atoms with Crippen molar-refractivity contribution < 1.29 is 0 Å². The lowest BCUT2D eigenvalue weighted by Crippen LogP contribution is -2.23. The third-order valence-corrected chi connectivity index (χ3v) is 2.81. The first-order valence-electron chi connectivity index (χ1n) is 4.45. The maximum absolute atomic E-state index is 11.6. The van der Waals surface area contributed by atoms with E-state index in [1.807, 2.05) is 12.3 Å². The fourth-order valence-electron chi connectivity index (χ4n) is 1.29. The van der Waals surface area contributed by atoms with Crippen LogP contribution in [0, 0.1) is 0 Å². The third-order valence-electron chi connectivity index (χ3n) is 2.05. The lowest BCUT2D eigenvalue weighted by molar-refractivity contribution is 0.667. The molecular formula is C9H11N3OS. The molecule has 0 N–H and O–H groups in total. The van der Waals surface area contributed by atoms with E-state index >= 15 is 0 Å². The molecule has 0 spiro atoms. The van der Waals surface area contributed by atoms with E-state index in [2.05, 4.69) is 4.98 Å². The summed E-state index contributed by atoms with van der Waals surface area (Å²) in [4.78, 5) is 15.8. The summed E-state index contributed by atoms with van der Waals surface area (Å²) in [5.41, 5.74) is 0.0303. The lowest BCUT2D eigenvalue weighted by Gasteiger charge is -1.96. The molecule has 0 aliphatic carbocycles. The van der Waals surface area contributed by atoms with E-state index in [4.69, 9.17) is 0 Å². The van der Waals surface area contributed by atoms with Gasteiger partial charge in [0.05, 0.1) is 6.54 Å². The Hall–Kier alpha value is -1.36. The molecule has 0 saturated heterocycles. The monoisotopic (exact) mass is 209 g/mol. The summed E-state index contributed by atoms with van der Waals surface area (Å²) in [6.45, 7) is 3.24. The van der Waals surface area contributed by atoms with Gasteiger partial charge in [0.25, 0.3) is 0 Å². The molecule has 5 heteroatoms. The predicted molar refractivity (Wildman–Crippen MR) is 55.6 cm³/mol. The third kappa shape index (κ3) is 1.63. The van der Waals surface area contributed by atoms with Crippen LogP contribution >= 0.6 is 11.3 Å². The average molecular weight is 209 g/mol. The van der Waals surface area contributed by atoms with Crippen molar-refractivity contribution in [2.24, 2.45) is 0 Å². The maximum Gasteiger partial charge on any atom is 0.328 e. The van der Waals surface area contributed by atoms with Gasteiger partial charge in [-0.1, -0.05) is 0 Å². The topological polar surface area (TPSA) is 39.8 Å². The van der Waals surface area contributed by atoms with E-state index in [0.717, 1.165) is 5.01 Å². The summed E-state index contributed by atoms with van der Waals surface area (Å²) < 4.78 is 3.34. The molecule has 0 atom stereocenters. The van der Waals surface area contributed by atoms with Crippen molar-refractivity contribution >= 4 is 11.3 Å². The molecule has 0 radical (unpaired) electrons. The predicted octanol–water partition coefficient (Wildman–Crippen LogP) is 1.17. The molecule has 2 aromatic heterocycles. The van der Waals surface area contributed by atoms with Crippen molar-refractivity contribution in [2.45, 2.75) is 20.0 Å². The highest BCUT2D eigenvalue weighted by Crippen LogP contribution is 2.04. The second-order valence-electron chi connectivity index (χ2n) is 2.92. The zero-order valence-corrected chi connectivity index (χ0v) is 8.70. The number of hydrogen-bond donors (Lipinski definition) is 0. The number of imidazole rings is 1. The van der Waals surface area contributed by atoms with Crippen LogP contribution in [0.5, 0.6) is 0 Å². The minimum absolute atomic E-state index is 0.0303. The Morgan fingerprint density at radius 3 is 2.79 bits per heavy atom. The smallest absolute Gasteiger partial charge is 0.300 e. The van der Waals surface area contributed by atoms with E-state index < -0.39 is 0 Å². The molecule has 74 valence electrons. The van der Waals surface area contributed by atoms with Crippen molar-refractivity contribution in [3.8, 4) is 0 Å². The highest BCUT2D eigenvalue weighted by molar-refractivity contribution is 7.09. The van der Waals surface area contributed by atoms with E-state index in [0.29, 0.717) is 13.1 Å². The number of aromatic nitrogens is 3. The molecular weight excluding hydrogens is 198 g/mol. The van der Waals surface area contributed by atoms with Gasteiger partial charge < -0.3 is 0 Å². The zero-order chi connectivity index (χ0) is 9.97. The van der Waals surface area contributed by atoms with Crippen molar-refractivity contribution in [2.75, 3.05) is 0 Å². The van der Waals surface area contributed by atoms with Gasteiger partial charge in [-0.25, -0.2) is 9.78 Å². The minimum atomic E-state index is 0.0303. The molecule has 0 fully saturated rings. The van der Waals surface area contributed by atoms with E-state index in [9.17, 15) is 4.79 Å². The van der Waals surface area contributed by atoms with Gasteiger partial charge in [0.15, 0.2) is 0 Å². The van der Waals surface area contributed by atoms with E-state index in [-0.39, 0.29) is 5.69 Å². The highest BCUT2D eigenvalue weighted by Gasteiger charge is 2.03. The van der Waals surface area contributed by atoms with Gasteiger partial charge in [0, 0.05) is 30.5 Å². The highest BCUT2D eigenvalue weighted by atomic mass is 32.1. The van der Waals surface area contributed by atoms with Gasteiger partial charge in [-0.2, -0.15) is 0 Å². The first-order chi connectivity index (χ1) is 6.81. The van der Waals surface area contributed by atoms with Crippen LogP contribution < -0.4 is 5.69 Å². The van der Waals surface area contributed by atoms with Crippen molar-refractivity contribution in [3.05, 3.63) is 39.5 Å². The number of nitrogens with zero attached hydrogens (tertiary/aromatic N) is 3. The summed E-state index contributed by atoms with van der Waals surface area (Å²) in [6.07, 6.45) is 5.35. The second-order valence-corrected chi connectivity index (χ2v) is 3.90. The average Bonchev–Trinajstić information content (AvgIpc) is 2.79. The molecule has 0 bridgehead atoms. The first-order valence-corrected chi connectivity index (χ1v) is 5.33. The summed E-state index contributed by atoms with van der Waals surface area (Å²) in [5.74, 6) is 0. The summed E-state index contributed by atoms with van der Waals surface area (Å²) >= 11 is 1.56. The van der Waals surface area contributed by atoms with Crippen LogP contribution in [-0.2, 0) is 13.1 Å². The minimum Gasteiger partial charge on any atom is -0.300 e. The Labute approximate surface area is 85.5 Å². The van der Waals surface area contributed by atoms with Gasteiger partial charge >= 0.3 is 5.69 Å². The molecule has 2 rings (SSSR count). The van der Waals surface area contributed by atoms with Gasteiger partial charge in [0.1, 0.15) is 5.01 Å². The molecule has 0 amide bonds.